The van der Waals surface area contributed by atoms with Gasteiger partial charge in [0.1, 0.15) is 5.03 Å². The van der Waals surface area contributed by atoms with E-state index in [2.05, 4.69) is 47.3 Å². The Morgan fingerprint density at radius 1 is 1.29 bits per heavy atom. The van der Waals surface area contributed by atoms with Crippen molar-refractivity contribution < 1.29 is 0 Å². The first-order valence-electron chi connectivity index (χ1n) is 6.80. The number of hydrogen-bond acceptors (Lipinski definition) is 7. The number of hydrogen-bond donors (Lipinski definition) is 1. The molecule has 1 N–H and O–H groups in total. The minimum atomic E-state index is 0.664. The molecule has 2 heterocycles. The minimum Gasteiger partial charge on any atom is -0.312 e. The average Bonchev–Trinajstić information content (AvgIpc) is 2.89. The van der Waals surface area contributed by atoms with Crippen molar-refractivity contribution >= 4 is 34.9 Å². The molecule has 0 saturated carbocycles. The van der Waals surface area contributed by atoms with Gasteiger partial charge in [0.05, 0.1) is 0 Å². The van der Waals surface area contributed by atoms with Crippen LogP contribution in [-0.2, 0) is 6.54 Å². The van der Waals surface area contributed by atoms with Gasteiger partial charge in [-0.05, 0) is 48.5 Å². The largest absolute Gasteiger partial charge is 0.312 e. The standard InChI is InChI=1S/C14H20N4S3/c1-9(2)6-15-7-11-5-10(3)12(16-8-11)20-14-18-17-13(19-4)21-14/h5,8-9,15H,6-7H2,1-4H3. The number of nitrogens with one attached hydrogen (secondary N) is 1. The summed E-state index contributed by atoms with van der Waals surface area (Å²) in [4.78, 5) is 4.56. The molecule has 0 unspecified atom stereocenters. The van der Waals surface area contributed by atoms with Crippen molar-refractivity contribution in [3.8, 4) is 0 Å². The molecule has 2 rings (SSSR count). The number of aromatic nitrogens is 3. The van der Waals surface area contributed by atoms with Gasteiger partial charge in [0, 0.05) is 12.7 Å². The topological polar surface area (TPSA) is 50.7 Å². The second-order valence-corrected chi connectivity index (χ2v) is 8.40. The third-order valence-corrected chi connectivity index (χ3v) is 5.79. The number of aryl methyl sites for hydroxylation is 1. The van der Waals surface area contributed by atoms with Crippen LogP contribution in [0, 0.1) is 12.8 Å². The molecule has 7 heteroatoms. The van der Waals surface area contributed by atoms with Crippen molar-refractivity contribution in [1.82, 2.24) is 20.5 Å². The summed E-state index contributed by atoms with van der Waals surface area (Å²) < 4.78 is 1.94. The predicted molar refractivity (Wildman–Crippen MR) is 91.3 cm³/mol. The molecule has 0 amide bonds. The highest BCUT2D eigenvalue weighted by atomic mass is 32.2. The maximum atomic E-state index is 4.56. The lowest BCUT2D eigenvalue weighted by Gasteiger charge is -2.09. The molecule has 0 aliphatic carbocycles. The van der Waals surface area contributed by atoms with Gasteiger partial charge in [0.15, 0.2) is 8.68 Å². The fraction of sp³-hybridized carbons (Fsp3) is 0.500. The zero-order chi connectivity index (χ0) is 15.2. The molecule has 0 bridgehead atoms. The second kappa shape index (κ2) is 8.12. The van der Waals surface area contributed by atoms with E-state index in [-0.39, 0.29) is 0 Å². The Morgan fingerprint density at radius 3 is 2.67 bits per heavy atom. The highest BCUT2D eigenvalue weighted by molar-refractivity contribution is 8.03. The molecule has 0 atom stereocenters. The zero-order valence-electron chi connectivity index (χ0n) is 12.7. The van der Waals surface area contributed by atoms with Crippen molar-refractivity contribution in [2.24, 2.45) is 5.92 Å². The van der Waals surface area contributed by atoms with Gasteiger partial charge < -0.3 is 5.32 Å². The first-order valence-corrected chi connectivity index (χ1v) is 9.66. The lowest BCUT2D eigenvalue weighted by atomic mass is 10.2. The van der Waals surface area contributed by atoms with Crippen LogP contribution in [0.3, 0.4) is 0 Å². The van der Waals surface area contributed by atoms with E-state index in [1.807, 2.05) is 12.5 Å². The summed E-state index contributed by atoms with van der Waals surface area (Å²) in [7, 11) is 0. The number of pyridine rings is 1. The van der Waals surface area contributed by atoms with Gasteiger partial charge in [-0.25, -0.2) is 4.98 Å². The summed E-state index contributed by atoms with van der Waals surface area (Å²) in [5.41, 5.74) is 2.41. The molecule has 0 aliphatic rings. The summed E-state index contributed by atoms with van der Waals surface area (Å²) in [6.07, 6.45) is 3.95. The first kappa shape index (κ1) is 16.7. The van der Waals surface area contributed by atoms with Gasteiger partial charge in [-0.3, -0.25) is 0 Å². The molecule has 0 aromatic carbocycles. The van der Waals surface area contributed by atoms with Crippen LogP contribution in [0.15, 0.2) is 26.0 Å². The van der Waals surface area contributed by atoms with Crippen molar-refractivity contribution in [3.63, 3.8) is 0 Å². The van der Waals surface area contributed by atoms with Gasteiger partial charge in [-0.2, -0.15) is 0 Å². The lowest BCUT2D eigenvalue weighted by Crippen LogP contribution is -2.19. The Labute approximate surface area is 138 Å². The maximum absolute atomic E-state index is 4.56. The normalized spacial score (nSPS) is 11.3. The Kier molecular flexibility index (Phi) is 6.47. The van der Waals surface area contributed by atoms with Crippen LogP contribution in [0.4, 0.5) is 0 Å². The Balaban J connectivity index is 1.98. The van der Waals surface area contributed by atoms with Crippen LogP contribution in [0.5, 0.6) is 0 Å². The van der Waals surface area contributed by atoms with E-state index in [9.17, 15) is 0 Å². The van der Waals surface area contributed by atoms with Gasteiger partial charge in [-0.15, -0.1) is 10.2 Å². The van der Waals surface area contributed by atoms with Crippen molar-refractivity contribution in [2.45, 2.75) is 41.0 Å². The average molecular weight is 341 g/mol. The molecular formula is C14H20N4S3. The Morgan fingerprint density at radius 2 is 2.05 bits per heavy atom. The van der Waals surface area contributed by atoms with Crippen molar-refractivity contribution in [2.75, 3.05) is 12.8 Å². The summed E-state index contributed by atoms with van der Waals surface area (Å²) >= 11 is 4.82. The Bertz CT molecular complexity index is 583. The summed E-state index contributed by atoms with van der Waals surface area (Å²) in [5, 5.41) is 12.7. The van der Waals surface area contributed by atoms with Crippen LogP contribution in [0.2, 0.25) is 0 Å². The maximum Gasteiger partial charge on any atom is 0.181 e. The Hall–Kier alpha value is -0.630. The summed E-state index contributed by atoms with van der Waals surface area (Å²) in [5.74, 6) is 0.664. The lowest BCUT2D eigenvalue weighted by molar-refractivity contribution is 0.551. The smallest absolute Gasteiger partial charge is 0.181 e. The van der Waals surface area contributed by atoms with E-state index in [0.29, 0.717) is 5.92 Å². The van der Waals surface area contributed by atoms with E-state index >= 15 is 0 Å². The summed E-state index contributed by atoms with van der Waals surface area (Å²) in [6.45, 7) is 8.41. The van der Waals surface area contributed by atoms with Crippen LogP contribution in [-0.4, -0.2) is 28.0 Å². The van der Waals surface area contributed by atoms with E-state index in [1.165, 1.54) is 11.1 Å². The molecule has 0 spiro atoms. The third kappa shape index (κ3) is 5.25. The highest BCUT2D eigenvalue weighted by Crippen LogP contribution is 2.33. The van der Waals surface area contributed by atoms with Gasteiger partial charge in [-0.1, -0.05) is 43.0 Å². The number of nitrogens with zero attached hydrogens (tertiary/aromatic N) is 3. The van der Waals surface area contributed by atoms with E-state index < -0.39 is 0 Å². The number of rotatable bonds is 7. The molecule has 114 valence electrons. The van der Waals surface area contributed by atoms with Crippen LogP contribution < -0.4 is 5.32 Å². The zero-order valence-corrected chi connectivity index (χ0v) is 15.2. The second-order valence-electron chi connectivity index (χ2n) is 5.13. The van der Waals surface area contributed by atoms with E-state index in [4.69, 9.17) is 0 Å². The van der Waals surface area contributed by atoms with Crippen LogP contribution in [0.1, 0.15) is 25.0 Å². The third-order valence-electron chi connectivity index (χ3n) is 2.72. The summed E-state index contributed by atoms with van der Waals surface area (Å²) in [6, 6.07) is 2.19. The molecule has 0 radical (unpaired) electrons. The monoisotopic (exact) mass is 340 g/mol. The minimum absolute atomic E-state index is 0.664. The molecule has 0 aliphatic heterocycles. The van der Waals surface area contributed by atoms with Gasteiger partial charge in [0.25, 0.3) is 0 Å². The van der Waals surface area contributed by atoms with Crippen molar-refractivity contribution in [1.29, 1.82) is 0 Å². The molecule has 21 heavy (non-hydrogen) atoms. The van der Waals surface area contributed by atoms with E-state index in [1.54, 1.807) is 34.9 Å². The quantitative estimate of drug-likeness (QED) is 0.772. The van der Waals surface area contributed by atoms with Gasteiger partial charge in [0.2, 0.25) is 0 Å². The molecule has 0 saturated heterocycles. The van der Waals surface area contributed by atoms with Gasteiger partial charge >= 0.3 is 0 Å². The SMILES string of the molecule is CSc1nnc(Sc2ncc(CNCC(C)C)cc2C)s1. The molecule has 2 aromatic rings. The number of thioether (sulfide) groups is 1. The highest BCUT2D eigenvalue weighted by Gasteiger charge is 2.09. The fourth-order valence-electron chi connectivity index (χ4n) is 1.73. The first-order chi connectivity index (χ1) is 10.1. The molecule has 2 aromatic heterocycles. The van der Waals surface area contributed by atoms with Crippen LogP contribution >= 0.6 is 34.9 Å². The molecule has 0 fully saturated rings. The van der Waals surface area contributed by atoms with E-state index in [0.717, 1.165) is 26.8 Å². The molecular weight excluding hydrogens is 320 g/mol. The van der Waals surface area contributed by atoms with Crippen LogP contribution in [0.25, 0.3) is 0 Å². The predicted octanol–water partition coefficient (Wildman–Crippen LogP) is 3.86. The molecule has 4 nitrogen and oxygen atoms in total. The fourth-order valence-corrected chi connectivity index (χ4v) is 4.11. The van der Waals surface area contributed by atoms with Crippen molar-refractivity contribution in [3.05, 3.63) is 23.4 Å².